The first-order chi connectivity index (χ1) is 9.58. The van der Waals surface area contributed by atoms with Gasteiger partial charge in [0.15, 0.2) is 0 Å². The Hall–Kier alpha value is -2.41. The quantitative estimate of drug-likeness (QED) is 0.566. The van der Waals surface area contributed by atoms with Crippen molar-refractivity contribution in [3.05, 3.63) is 29.8 Å². The van der Waals surface area contributed by atoms with Gasteiger partial charge in [-0.1, -0.05) is 18.2 Å². The molecule has 7 heteroatoms. The molecule has 2 aromatic rings. The van der Waals surface area contributed by atoms with Crippen molar-refractivity contribution >= 4 is 17.6 Å². The average Bonchev–Trinajstić information content (AvgIpc) is 2.40. The molecule has 0 saturated heterocycles. The molecule has 106 valence electrons. The summed E-state index contributed by atoms with van der Waals surface area (Å²) in [7, 11) is 0. The third-order valence-electron chi connectivity index (χ3n) is 2.48. The molecule has 0 spiro atoms. The van der Waals surface area contributed by atoms with Crippen molar-refractivity contribution in [1.82, 2.24) is 15.0 Å². The molecule has 0 bridgehead atoms. The van der Waals surface area contributed by atoms with E-state index in [9.17, 15) is 0 Å². The molecule has 1 heterocycles. The molecular weight excluding hydrogens is 256 g/mol. The average molecular weight is 274 g/mol. The zero-order valence-electron chi connectivity index (χ0n) is 11.7. The number of nitrogens with two attached hydrogens (primary N) is 1. The van der Waals surface area contributed by atoms with Crippen molar-refractivity contribution in [2.45, 2.75) is 26.9 Å². The lowest BCUT2D eigenvalue weighted by Crippen LogP contribution is -2.15. The summed E-state index contributed by atoms with van der Waals surface area (Å²) in [6.07, 6.45) is -0.0330. The van der Waals surface area contributed by atoms with E-state index in [2.05, 4.69) is 25.7 Å². The van der Waals surface area contributed by atoms with E-state index in [0.29, 0.717) is 5.95 Å². The lowest BCUT2D eigenvalue weighted by atomic mass is 10.2. The number of aryl methyl sites for hydroxylation is 1. The van der Waals surface area contributed by atoms with Gasteiger partial charge in [0.05, 0.1) is 6.10 Å². The van der Waals surface area contributed by atoms with E-state index in [1.807, 2.05) is 45.0 Å². The number of anilines is 3. The van der Waals surface area contributed by atoms with Gasteiger partial charge in [-0.15, -0.1) is 0 Å². The Morgan fingerprint density at radius 1 is 1.10 bits per heavy atom. The zero-order chi connectivity index (χ0) is 14.5. The SMILES string of the molecule is Cc1ccccc1Nc1nc(NN)nc(OC(C)C)n1. The normalized spacial score (nSPS) is 10.4. The number of aromatic nitrogens is 3. The van der Waals surface area contributed by atoms with Crippen LogP contribution in [0.25, 0.3) is 0 Å². The summed E-state index contributed by atoms with van der Waals surface area (Å²) >= 11 is 0. The molecule has 2 rings (SSSR count). The topological polar surface area (TPSA) is 98.0 Å². The number of para-hydroxylation sites is 1. The van der Waals surface area contributed by atoms with E-state index in [1.54, 1.807) is 0 Å². The Morgan fingerprint density at radius 3 is 2.45 bits per heavy atom. The molecule has 0 aliphatic heterocycles. The van der Waals surface area contributed by atoms with E-state index in [4.69, 9.17) is 10.6 Å². The van der Waals surface area contributed by atoms with Crippen LogP contribution in [0.1, 0.15) is 19.4 Å². The van der Waals surface area contributed by atoms with E-state index >= 15 is 0 Å². The van der Waals surface area contributed by atoms with Gasteiger partial charge >= 0.3 is 6.01 Å². The lowest BCUT2D eigenvalue weighted by Gasteiger charge is -2.12. The van der Waals surface area contributed by atoms with Crippen LogP contribution >= 0.6 is 0 Å². The zero-order valence-corrected chi connectivity index (χ0v) is 11.7. The molecule has 0 unspecified atom stereocenters. The van der Waals surface area contributed by atoms with Crippen molar-refractivity contribution in [2.75, 3.05) is 10.7 Å². The van der Waals surface area contributed by atoms with Crippen LogP contribution in [-0.2, 0) is 0 Å². The Labute approximate surface area is 117 Å². The van der Waals surface area contributed by atoms with Crippen LogP contribution in [0.4, 0.5) is 17.6 Å². The van der Waals surface area contributed by atoms with Crippen LogP contribution in [0.2, 0.25) is 0 Å². The minimum atomic E-state index is -0.0330. The number of ether oxygens (including phenoxy) is 1. The molecule has 1 aromatic carbocycles. The summed E-state index contributed by atoms with van der Waals surface area (Å²) in [6, 6.07) is 8.06. The maximum Gasteiger partial charge on any atom is 0.323 e. The van der Waals surface area contributed by atoms with Crippen LogP contribution in [0.3, 0.4) is 0 Å². The number of hydrogen-bond acceptors (Lipinski definition) is 7. The molecule has 1 aromatic heterocycles. The molecule has 20 heavy (non-hydrogen) atoms. The summed E-state index contributed by atoms with van der Waals surface area (Å²) in [5, 5.41) is 3.12. The molecule has 0 aliphatic rings. The maximum absolute atomic E-state index is 5.47. The van der Waals surface area contributed by atoms with Crippen LogP contribution in [-0.4, -0.2) is 21.1 Å². The Bertz CT molecular complexity index is 587. The van der Waals surface area contributed by atoms with Gasteiger partial charge in [-0.2, -0.15) is 15.0 Å². The number of hydrogen-bond donors (Lipinski definition) is 3. The number of nitrogens with zero attached hydrogens (tertiary/aromatic N) is 3. The van der Waals surface area contributed by atoms with Crippen molar-refractivity contribution < 1.29 is 4.74 Å². The molecule has 4 N–H and O–H groups in total. The summed E-state index contributed by atoms with van der Waals surface area (Å²) in [6.45, 7) is 5.79. The molecule has 0 atom stereocenters. The standard InChI is InChI=1S/C13H18N6O/c1-8(2)20-13-17-11(16-12(18-13)19-14)15-10-7-5-4-6-9(10)3/h4-8H,14H2,1-3H3,(H2,15,16,17,18,19). The van der Waals surface area contributed by atoms with Crippen LogP contribution < -0.4 is 21.3 Å². The summed E-state index contributed by atoms with van der Waals surface area (Å²) in [5.74, 6) is 5.97. The number of benzene rings is 1. The van der Waals surface area contributed by atoms with Gasteiger partial charge in [0.1, 0.15) is 0 Å². The number of nitrogen functional groups attached to an aromatic ring is 1. The molecule has 0 aliphatic carbocycles. The highest BCUT2D eigenvalue weighted by molar-refractivity contribution is 5.58. The first kappa shape index (κ1) is 14.0. The summed E-state index contributed by atoms with van der Waals surface area (Å²) < 4.78 is 5.47. The summed E-state index contributed by atoms with van der Waals surface area (Å²) in [4.78, 5) is 12.4. The van der Waals surface area contributed by atoms with Crippen LogP contribution in [0.15, 0.2) is 24.3 Å². The Kier molecular flexibility index (Phi) is 4.31. The van der Waals surface area contributed by atoms with Gasteiger partial charge in [0.25, 0.3) is 0 Å². The number of nitrogens with one attached hydrogen (secondary N) is 2. The highest BCUT2D eigenvalue weighted by atomic mass is 16.5. The second-order valence-electron chi connectivity index (χ2n) is 4.52. The second kappa shape index (κ2) is 6.16. The van der Waals surface area contributed by atoms with Crippen molar-refractivity contribution in [1.29, 1.82) is 0 Å². The van der Waals surface area contributed by atoms with E-state index in [0.717, 1.165) is 11.3 Å². The molecule has 0 amide bonds. The molecule has 0 fully saturated rings. The molecule has 0 saturated carbocycles. The smallest absolute Gasteiger partial charge is 0.323 e. The number of rotatable bonds is 5. The predicted octanol–water partition coefficient (Wildman–Crippen LogP) is 2.00. The second-order valence-corrected chi connectivity index (χ2v) is 4.52. The fourth-order valence-corrected chi connectivity index (χ4v) is 1.57. The fraction of sp³-hybridized carbons (Fsp3) is 0.308. The van der Waals surface area contributed by atoms with E-state index < -0.39 is 0 Å². The molecule has 0 radical (unpaired) electrons. The fourth-order valence-electron chi connectivity index (χ4n) is 1.57. The van der Waals surface area contributed by atoms with Gasteiger partial charge in [-0.25, -0.2) is 5.84 Å². The monoisotopic (exact) mass is 274 g/mol. The molecular formula is C13H18N6O. The minimum Gasteiger partial charge on any atom is -0.461 e. The van der Waals surface area contributed by atoms with Crippen LogP contribution in [0.5, 0.6) is 6.01 Å². The largest absolute Gasteiger partial charge is 0.461 e. The van der Waals surface area contributed by atoms with Gasteiger partial charge in [-0.3, -0.25) is 5.43 Å². The summed E-state index contributed by atoms with van der Waals surface area (Å²) in [5.41, 5.74) is 4.40. The van der Waals surface area contributed by atoms with Gasteiger partial charge < -0.3 is 10.1 Å². The third-order valence-corrected chi connectivity index (χ3v) is 2.48. The van der Waals surface area contributed by atoms with Crippen LogP contribution in [0, 0.1) is 6.92 Å². The van der Waals surface area contributed by atoms with Crippen molar-refractivity contribution in [3.8, 4) is 6.01 Å². The third kappa shape index (κ3) is 3.55. The first-order valence-electron chi connectivity index (χ1n) is 6.30. The number of hydrazine groups is 1. The van der Waals surface area contributed by atoms with E-state index in [1.165, 1.54) is 0 Å². The maximum atomic E-state index is 5.47. The van der Waals surface area contributed by atoms with Crippen molar-refractivity contribution in [3.63, 3.8) is 0 Å². The Balaban J connectivity index is 2.29. The molecule has 7 nitrogen and oxygen atoms in total. The first-order valence-corrected chi connectivity index (χ1v) is 6.30. The predicted molar refractivity (Wildman–Crippen MR) is 77.9 cm³/mol. The highest BCUT2D eigenvalue weighted by Crippen LogP contribution is 2.19. The van der Waals surface area contributed by atoms with E-state index in [-0.39, 0.29) is 18.1 Å². The van der Waals surface area contributed by atoms with Gasteiger partial charge in [-0.05, 0) is 32.4 Å². The highest BCUT2D eigenvalue weighted by Gasteiger charge is 2.09. The Morgan fingerprint density at radius 2 is 1.80 bits per heavy atom. The van der Waals surface area contributed by atoms with Gasteiger partial charge in [0, 0.05) is 5.69 Å². The minimum absolute atomic E-state index is 0.0330. The van der Waals surface area contributed by atoms with Gasteiger partial charge in [0.2, 0.25) is 11.9 Å². The van der Waals surface area contributed by atoms with Crippen molar-refractivity contribution in [2.24, 2.45) is 5.84 Å². The lowest BCUT2D eigenvalue weighted by molar-refractivity contribution is 0.222.